The number of hydrogen-bond donors (Lipinski definition) is 1. The van der Waals surface area contributed by atoms with Gasteiger partial charge in [-0.2, -0.15) is 5.10 Å². The summed E-state index contributed by atoms with van der Waals surface area (Å²) in [5.74, 6) is -0.125. The first kappa shape index (κ1) is 17.4. The molecule has 0 saturated carbocycles. The second-order valence-corrected chi connectivity index (χ2v) is 7.39. The van der Waals surface area contributed by atoms with Gasteiger partial charge in [0.05, 0.1) is 12.6 Å². The molecule has 1 amide bonds. The largest absolute Gasteiger partial charge is 0.273 e. The molecule has 4 heteroatoms. The summed E-state index contributed by atoms with van der Waals surface area (Å²) < 4.78 is 0.978. The first-order valence-electron chi connectivity index (χ1n) is 7.51. The minimum absolute atomic E-state index is 0.120. The molecule has 3 nitrogen and oxygen atoms in total. The fourth-order valence-corrected chi connectivity index (χ4v) is 2.53. The van der Waals surface area contributed by atoms with Gasteiger partial charge >= 0.3 is 0 Å². The van der Waals surface area contributed by atoms with Crippen LogP contribution in [0.15, 0.2) is 58.1 Å². The SMILES string of the molecule is CC(C)(C)c1ccc(CC(=O)NN=Cc2cccc(Br)c2)cc1. The lowest BCUT2D eigenvalue weighted by Gasteiger charge is -2.19. The molecule has 23 heavy (non-hydrogen) atoms. The summed E-state index contributed by atoms with van der Waals surface area (Å²) in [5, 5.41) is 3.99. The van der Waals surface area contributed by atoms with Gasteiger partial charge in [-0.15, -0.1) is 0 Å². The van der Waals surface area contributed by atoms with Crippen LogP contribution in [0.4, 0.5) is 0 Å². The highest BCUT2D eigenvalue weighted by Crippen LogP contribution is 2.22. The molecule has 2 aromatic carbocycles. The van der Waals surface area contributed by atoms with E-state index in [1.165, 1.54) is 5.56 Å². The van der Waals surface area contributed by atoms with Gasteiger partial charge in [-0.25, -0.2) is 5.43 Å². The Morgan fingerprint density at radius 1 is 1.17 bits per heavy atom. The third kappa shape index (κ3) is 5.64. The summed E-state index contributed by atoms with van der Waals surface area (Å²) in [4.78, 5) is 11.9. The van der Waals surface area contributed by atoms with Crippen molar-refractivity contribution in [3.8, 4) is 0 Å². The highest BCUT2D eigenvalue weighted by molar-refractivity contribution is 9.10. The number of benzene rings is 2. The van der Waals surface area contributed by atoms with Crippen LogP contribution in [0.25, 0.3) is 0 Å². The Hall–Kier alpha value is -1.94. The lowest BCUT2D eigenvalue weighted by molar-refractivity contribution is -0.120. The minimum Gasteiger partial charge on any atom is -0.273 e. The molecule has 0 bridgehead atoms. The maximum Gasteiger partial charge on any atom is 0.244 e. The van der Waals surface area contributed by atoms with Crippen molar-refractivity contribution in [3.63, 3.8) is 0 Å². The second kappa shape index (κ2) is 7.55. The van der Waals surface area contributed by atoms with Crippen molar-refractivity contribution in [2.24, 2.45) is 5.10 Å². The Bertz CT molecular complexity index is 700. The van der Waals surface area contributed by atoms with Crippen molar-refractivity contribution >= 4 is 28.1 Å². The van der Waals surface area contributed by atoms with E-state index in [4.69, 9.17) is 0 Å². The van der Waals surface area contributed by atoms with Gasteiger partial charge in [0.1, 0.15) is 0 Å². The number of hydrazone groups is 1. The average molecular weight is 373 g/mol. The van der Waals surface area contributed by atoms with E-state index in [1.54, 1.807) is 6.21 Å². The van der Waals surface area contributed by atoms with E-state index in [-0.39, 0.29) is 11.3 Å². The third-order valence-electron chi connectivity index (χ3n) is 3.44. The molecule has 120 valence electrons. The van der Waals surface area contributed by atoms with Gasteiger partial charge in [0.15, 0.2) is 0 Å². The topological polar surface area (TPSA) is 41.5 Å². The van der Waals surface area contributed by atoms with E-state index in [0.29, 0.717) is 6.42 Å². The molecule has 0 aliphatic heterocycles. The predicted octanol–water partition coefficient (Wildman–Crippen LogP) is 4.44. The van der Waals surface area contributed by atoms with E-state index < -0.39 is 0 Å². The summed E-state index contributed by atoms with van der Waals surface area (Å²) in [5.41, 5.74) is 5.84. The minimum atomic E-state index is -0.125. The van der Waals surface area contributed by atoms with Crippen LogP contribution < -0.4 is 5.43 Å². The van der Waals surface area contributed by atoms with Crippen LogP contribution in [0.5, 0.6) is 0 Å². The molecule has 0 spiro atoms. The van der Waals surface area contributed by atoms with Gasteiger partial charge in [0.25, 0.3) is 0 Å². The second-order valence-electron chi connectivity index (χ2n) is 6.47. The molecule has 0 unspecified atom stereocenters. The van der Waals surface area contributed by atoms with Crippen molar-refractivity contribution in [1.29, 1.82) is 0 Å². The molecular weight excluding hydrogens is 352 g/mol. The molecule has 0 aromatic heterocycles. The molecule has 0 atom stereocenters. The summed E-state index contributed by atoms with van der Waals surface area (Å²) in [6.45, 7) is 6.52. The summed E-state index contributed by atoms with van der Waals surface area (Å²) in [6, 6.07) is 15.9. The Kier molecular flexibility index (Phi) is 5.72. The third-order valence-corrected chi connectivity index (χ3v) is 3.93. The highest BCUT2D eigenvalue weighted by Gasteiger charge is 2.13. The van der Waals surface area contributed by atoms with Crippen LogP contribution >= 0.6 is 15.9 Å². The van der Waals surface area contributed by atoms with Crippen LogP contribution in [-0.2, 0) is 16.6 Å². The molecule has 0 radical (unpaired) electrons. The molecule has 0 saturated heterocycles. The van der Waals surface area contributed by atoms with Crippen LogP contribution in [0.2, 0.25) is 0 Å². The van der Waals surface area contributed by atoms with E-state index in [2.05, 4.69) is 59.4 Å². The summed E-state index contributed by atoms with van der Waals surface area (Å²) in [7, 11) is 0. The Morgan fingerprint density at radius 3 is 2.48 bits per heavy atom. The molecule has 0 fully saturated rings. The normalized spacial score (nSPS) is 11.7. The van der Waals surface area contributed by atoms with Gasteiger partial charge in [-0.05, 0) is 34.2 Å². The number of carbonyl (C=O) groups excluding carboxylic acids is 1. The van der Waals surface area contributed by atoms with Gasteiger partial charge in [-0.3, -0.25) is 4.79 Å². The Morgan fingerprint density at radius 2 is 1.87 bits per heavy atom. The number of hydrogen-bond acceptors (Lipinski definition) is 2. The van der Waals surface area contributed by atoms with Crippen LogP contribution in [0, 0.1) is 0 Å². The fraction of sp³-hybridized carbons (Fsp3) is 0.263. The Balaban J connectivity index is 1.90. The number of nitrogens with one attached hydrogen (secondary N) is 1. The number of nitrogens with zero attached hydrogens (tertiary/aromatic N) is 1. The quantitative estimate of drug-likeness (QED) is 0.625. The van der Waals surface area contributed by atoms with Crippen molar-refractivity contribution in [2.45, 2.75) is 32.6 Å². The Labute approximate surface area is 145 Å². The van der Waals surface area contributed by atoms with Crippen molar-refractivity contribution in [1.82, 2.24) is 5.43 Å². The first-order chi connectivity index (χ1) is 10.8. The van der Waals surface area contributed by atoms with Crippen LogP contribution in [-0.4, -0.2) is 12.1 Å². The molecule has 0 aliphatic carbocycles. The van der Waals surface area contributed by atoms with Gasteiger partial charge in [-0.1, -0.05) is 73.1 Å². The average Bonchev–Trinajstić information content (AvgIpc) is 2.47. The number of halogens is 1. The molecule has 1 N–H and O–H groups in total. The predicted molar refractivity (Wildman–Crippen MR) is 98.7 cm³/mol. The zero-order valence-electron chi connectivity index (χ0n) is 13.6. The summed E-state index contributed by atoms with van der Waals surface area (Å²) in [6.07, 6.45) is 1.95. The molecular formula is C19H21BrN2O. The molecule has 2 aromatic rings. The zero-order valence-corrected chi connectivity index (χ0v) is 15.2. The lowest BCUT2D eigenvalue weighted by Crippen LogP contribution is -2.20. The highest BCUT2D eigenvalue weighted by atomic mass is 79.9. The molecule has 0 aliphatic rings. The summed E-state index contributed by atoms with van der Waals surface area (Å²) >= 11 is 3.40. The standard InChI is InChI=1S/C19H21BrN2O/c1-19(2,3)16-9-7-14(8-10-16)12-18(23)22-21-13-15-5-4-6-17(20)11-15/h4-11,13H,12H2,1-3H3,(H,22,23). The van der Waals surface area contributed by atoms with E-state index in [0.717, 1.165) is 15.6 Å². The smallest absolute Gasteiger partial charge is 0.244 e. The fourth-order valence-electron chi connectivity index (χ4n) is 2.11. The van der Waals surface area contributed by atoms with Crippen molar-refractivity contribution < 1.29 is 4.79 Å². The van der Waals surface area contributed by atoms with E-state index in [9.17, 15) is 4.79 Å². The number of rotatable bonds is 4. The van der Waals surface area contributed by atoms with E-state index in [1.807, 2.05) is 36.4 Å². The number of carbonyl (C=O) groups is 1. The lowest BCUT2D eigenvalue weighted by atomic mass is 9.86. The van der Waals surface area contributed by atoms with Gasteiger partial charge in [0, 0.05) is 4.47 Å². The maximum atomic E-state index is 11.9. The van der Waals surface area contributed by atoms with Crippen molar-refractivity contribution in [3.05, 3.63) is 69.7 Å². The van der Waals surface area contributed by atoms with Crippen LogP contribution in [0.1, 0.15) is 37.5 Å². The van der Waals surface area contributed by atoms with Crippen LogP contribution in [0.3, 0.4) is 0 Å². The van der Waals surface area contributed by atoms with Gasteiger partial charge in [0.2, 0.25) is 5.91 Å². The maximum absolute atomic E-state index is 11.9. The van der Waals surface area contributed by atoms with Crippen molar-refractivity contribution in [2.75, 3.05) is 0 Å². The van der Waals surface area contributed by atoms with Gasteiger partial charge < -0.3 is 0 Å². The molecule has 2 rings (SSSR count). The number of amides is 1. The zero-order chi connectivity index (χ0) is 16.9. The first-order valence-corrected chi connectivity index (χ1v) is 8.31. The monoisotopic (exact) mass is 372 g/mol. The van der Waals surface area contributed by atoms with E-state index >= 15 is 0 Å². The molecule has 0 heterocycles.